The first-order valence-electron chi connectivity index (χ1n) is 9.86. The molecule has 0 spiro atoms. The summed E-state index contributed by atoms with van der Waals surface area (Å²) < 4.78 is 16.5. The molecule has 0 saturated carbocycles. The number of likely N-dealkylation sites (tertiary alicyclic amines) is 1. The number of aromatic nitrogens is 1. The fourth-order valence-electron chi connectivity index (χ4n) is 3.49. The van der Waals surface area contributed by atoms with E-state index in [0.29, 0.717) is 24.0 Å². The van der Waals surface area contributed by atoms with E-state index in [2.05, 4.69) is 21.1 Å². The smallest absolute Gasteiger partial charge is 0.213 e. The number of ether oxygens (including phenoxy) is 3. The van der Waals surface area contributed by atoms with E-state index >= 15 is 0 Å². The van der Waals surface area contributed by atoms with Gasteiger partial charge < -0.3 is 19.4 Å². The van der Waals surface area contributed by atoms with Crippen LogP contribution >= 0.6 is 0 Å². The third kappa shape index (κ3) is 5.70. The second kappa shape index (κ2) is 10.6. The highest BCUT2D eigenvalue weighted by atomic mass is 16.5. The fraction of sp³-hybridized carbons (Fsp3) is 0.409. The minimum absolute atomic E-state index is 0.351. The van der Waals surface area contributed by atoms with Gasteiger partial charge in [0.1, 0.15) is 6.21 Å². The van der Waals surface area contributed by atoms with Crippen LogP contribution in [0.3, 0.4) is 0 Å². The number of hydrogen-bond donors (Lipinski definition) is 1. The van der Waals surface area contributed by atoms with Crippen molar-refractivity contribution in [3.63, 3.8) is 0 Å². The van der Waals surface area contributed by atoms with Gasteiger partial charge in [-0.2, -0.15) is 0 Å². The largest absolute Gasteiger partial charge is 0.493 e. The van der Waals surface area contributed by atoms with Crippen LogP contribution in [0.2, 0.25) is 0 Å². The number of piperidine rings is 1. The average Bonchev–Trinajstić information content (AvgIpc) is 2.79. The van der Waals surface area contributed by atoms with Gasteiger partial charge in [-0.15, -0.1) is 0 Å². The van der Waals surface area contributed by atoms with Crippen molar-refractivity contribution in [3.8, 4) is 17.4 Å². The van der Waals surface area contributed by atoms with Crippen molar-refractivity contribution >= 4 is 12.0 Å². The SMILES string of the molecule is COc1ccc(CN2CCC(COc3ccc(C(=O)C=NO)cn3)CC2)cc1OC. The number of benzene rings is 1. The maximum absolute atomic E-state index is 11.6. The number of oxime groups is 1. The molecular weight excluding hydrogens is 386 g/mol. The Morgan fingerprint density at radius 1 is 1.20 bits per heavy atom. The Morgan fingerprint density at radius 3 is 2.60 bits per heavy atom. The van der Waals surface area contributed by atoms with E-state index in [0.717, 1.165) is 50.2 Å². The molecule has 30 heavy (non-hydrogen) atoms. The lowest BCUT2D eigenvalue weighted by Gasteiger charge is -2.31. The number of nitrogens with zero attached hydrogens (tertiary/aromatic N) is 3. The van der Waals surface area contributed by atoms with E-state index in [1.165, 1.54) is 11.8 Å². The summed E-state index contributed by atoms with van der Waals surface area (Å²) in [5.74, 6) is 2.04. The summed E-state index contributed by atoms with van der Waals surface area (Å²) in [7, 11) is 3.29. The first-order chi connectivity index (χ1) is 14.6. The van der Waals surface area contributed by atoms with Crippen LogP contribution in [0.15, 0.2) is 41.7 Å². The van der Waals surface area contributed by atoms with Crippen molar-refractivity contribution in [1.29, 1.82) is 0 Å². The minimum Gasteiger partial charge on any atom is -0.493 e. The number of Topliss-reactive ketones (excluding diaryl/α,β-unsaturated/α-hetero) is 1. The molecule has 0 bridgehead atoms. The highest BCUT2D eigenvalue weighted by molar-refractivity contribution is 6.35. The van der Waals surface area contributed by atoms with E-state index in [1.807, 2.05) is 12.1 Å². The molecule has 0 atom stereocenters. The number of carbonyl (C=O) groups excluding carboxylic acids is 1. The summed E-state index contributed by atoms with van der Waals surface area (Å²) in [6.07, 6.45) is 4.37. The zero-order chi connectivity index (χ0) is 21.3. The molecule has 0 unspecified atom stereocenters. The summed E-state index contributed by atoms with van der Waals surface area (Å²) in [5.41, 5.74) is 1.55. The first-order valence-corrected chi connectivity index (χ1v) is 9.86. The molecule has 160 valence electrons. The molecule has 1 N–H and O–H groups in total. The molecule has 3 rings (SSSR count). The summed E-state index contributed by atoms with van der Waals surface area (Å²) in [6.45, 7) is 3.48. The lowest BCUT2D eigenvalue weighted by molar-refractivity contribution is 0.106. The fourth-order valence-corrected chi connectivity index (χ4v) is 3.49. The molecule has 1 saturated heterocycles. The molecule has 8 heteroatoms. The van der Waals surface area contributed by atoms with Crippen LogP contribution in [0, 0.1) is 5.92 Å². The lowest BCUT2D eigenvalue weighted by Crippen LogP contribution is -2.35. The van der Waals surface area contributed by atoms with E-state index < -0.39 is 5.78 Å². The Hall–Kier alpha value is -3.13. The minimum atomic E-state index is -0.404. The van der Waals surface area contributed by atoms with E-state index in [1.54, 1.807) is 26.4 Å². The molecule has 1 aromatic carbocycles. The van der Waals surface area contributed by atoms with Crippen LogP contribution in [0.5, 0.6) is 17.4 Å². The summed E-state index contributed by atoms with van der Waals surface area (Å²) >= 11 is 0. The van der Waals surface area contributed by atoms with Crippen molar-refractivity contribution in [3.05, 3.63) is 47.7 Å². The number of methoxy groups -OCH3 is 2. The topological polar surface area (TPSA) is 93.5 Å². The van der Waals surface area contributed by atoms with Gasteiger partial charge >= 0.3 is 0 Å². The van der Waals surface area contributed by atoms with Crippen LogP contribution in [0.4, 0.5) is 0 Å². The van der Waals surface area contributed by atoms with Gasteiger partial charge in [-0.25, -0.2) is 4.98 Å². The number of hydrogen-bond acceptors (Lipinski definition) is 8. The zero-order valence-electron chi connectivity index (χ0n) is 17.3. The Kier molecular flexibility index (Phi) is 7.62. The van der Waals surface area contributed by atoms with Gasteiger partial charge in [0.25, 0.3) is 0 Å². The second-order valence-electron chi connectivity index (χ2n) is 7.21. The number of pyridine rings is 1. The van der Waals surface area contributed by atoms with Crippen molar-refractivity contribution in [1.82, 2.24) is 9.88 Å². The zero-order valence-corrected chi connectivity index (χ0v) is 17.3. The number of ketones is 1. The predicted molar refractivity (Wildman–Crippen MR) is 112 cm³/mol. The van der Waals surface area contributed by atoms with Crippen molar-refractivity contribution in [2.24, 2.45) is 11.1 Å². The van der Waals surface area contributed by atoms with E-state index in [-0.39, 0.29) is 0 Å². The van der Waals surface area contributed by atoms with Gasteiger partial charge in [-0.1, -0.05) is 11.2 Å². The van der Waals surface area contributed by atoms with Gasteiger partial charge in [0.05, 0.1) is 20.8 Å². The van der Waals surface area contributed by atoms with Crippen molar-refractivity contribution < 1.29 is 24.2 Å². The third-order valence-corrected chi connectivity index (χ3v) is 5.22. The Labute approximate surface area is 176 Å². The van der Waals surface area contributed by atoms with Gasteiger partial charge in [0, 0.05) is 24.4 Å². The van der Waals surface area contributed by atoms with Crippen LogP contribution in [-0.2, 0) is 6.54 Å². The summed E-state index contributed by atoms with van der Waals surface area (Å²) in [6, 6.07) is 9.31. The van der Waals surface area contributed by atoms with Crippen LogP contribution < -0.4 is 14.2 Å². The van der Waals surface area contributed by atoms with Crippen molar-refractivity contribution in [2.75, 3.05) is 33.9 Å². The third-order valence-electron chi connectivity index (χ3n) is 5.22. The molecule has 0 amide bonds. The maximum atomic E-state index is 11.6. The van der Waals surface area contributed by atoms with Crippen LogP contribution in [0.1, 0.15) is 28.8 Å². The van der Waals surface area contributed by atoms with Crippen LogP contribution in [0.25, 0.3) is 0 Å². The molecule has 1 aromatic heterocycles. The molecule has 8 nitrogen and oxygen atoms in total. The Bertz CT molecular complexity index is 862. The summed E-state index contributed by atoms with van der Waals surface area (Å²) in [4.78, 5) is 18.2. The first kappa shape index (κ1) is 21.6. The van der Waals surface area contributed by atoms with Gasteiger partial charge in [-0.05, 0) is 55.6 Å². The molecule has 1 aliphatic rings. The van der Waals surface area contributed by atoms with Gasteiger partial charge in [0.15, 0.2) is 11.5 Å². The molecule has 1 aliphatic heterocycles. The van der Waals surface area contributed by atoms with Crippen molar-refractivity contribution in [2.45, 2.75) is 19.4 Å². The predicted octanol–water partition coefficient (Wildman–Crippen LogP) is 3.03. The van der Waals surface area contributed by atoms with E-state index in [4.69, 9.17) is 19.4 Å². The molecule has 2 heterocycles. The Morgan fingerprint density at radius 2 is 1.97 bits per heavy atom. The highest BCUT2D eigenvalue weighted by Gasteiger charge is 2.20. The number of rotatable bonds is 9. The molecule has 0 radical (unpaired) electrons. The molecular formula is C22H27N3O5. The van der Waals surface area contributed by atoms with Gasteiger partial charge in [0.2, 0.25) is 11.7 Å². The van der Waals surface area contributed by atoms with Gasteiger partial charge in [-0.3, -0.25) is 9.69 Å². The number of carbonyl (C=O) groups is 1. The summed E-state index contributed by atoms with van der Waals surface area (Å²) in [5, 5.41) is 11.1. The molecule has 0 aliphatic carbocycles. The van der Waals surface area contributed by atoms with E-state index in [9.17, 15) is 4.79 Å². The standard InChI is InChI=1S/C22H27N3O5/c1-28-20-5-3-17(11-21(20)29-2)14-25-9-7-16(8-10-25)15-30-22-6-4-18(12-23-22)19(26)13-24-27/h3-6,11-13,16,27H,7-10,14-15H2,1-2H3. The normalized spacial score (nSPS) is 15.3. The molecule has 1 fully saturated rings. The Balaban J connectivity index is 1.44. The maximum Gasteiger partial charge on any atom is 0.213 e. The monoisotopic (exact) mass is 413 g/mol. The highest BCUT2D eigenvalue weighted by Crippen LogP contribution is 2.29. The quantitative estimate of drug-likeness (QED) is 0.292. The average molecular weight is 413 g/mol. The lowest BCUT2D eigenvalue weighted by atomic mass is 9.97. The second-order valence-corrected chi connectivity index (χ2v) is 7.21. The van der Waals surface area contributed by atoms with Crippen LogP contribution in [-0.4, -0.2) is 61.0 Å². The molecule has 2 aromatic rings.